The number of carbonyl (C=O) groups is 1. The van der Waals surface area contributed by atoms with E-state index >= 15 is 0 Å². The van der Waals surface area contributed by atoms with Crippen molar-refractivity contribution in [2.45, 2.75) is 25.7 Å². The Morgan fingerprint density at radius 1 is 1.16 bits per heavy atom. The molecule has 1 aliphatic rings. The molecule has 0 radical (unpaired) electrons. The molecule has 0 heterocycles. The Balaban J connectivity index is 1.59. The van der Waals surface area contributed by atoms with Crippen LogP contribution in [0.3, 0.4) is 0 Å². The van der Waals surface area contributed by atoms with E-state index in [9.17, 15) is 13.2 Å². The standard InChI is InChI=1S/C17H24ClNO5S/c1-25(21,22)23-12-14-4-2-13(3-5-14)10-19-11-17(20)24-16-8-6-15(18)7-9-16/h6-9,13-14,19H,2-5,10-12H2,1H3. The number of nitrogens with one attached hydrogen (secondary N) is 1. The van der Waals surface area contributed by atoms with E-state index in [0.717, 1.165) is 38.5 Å². The van der Waals surface area contributed by atoms with E-state index in [1.807, 2.05) is 0 Å². The van der Waals surface area contributed by atoms with Gasteiger partial charge in [-0.25, -0.2) is 0 Å². The first-order valence-electron chi connectivity index (χ1n) is 8.33. The maximum Gasteiger partial charge on any atom is 0.325 e. The lowest BCUT2D eigenvalue weighted by atomic mass is 9.82. The fraction of sp³-hybridized carbons (Fsp3) is 0.588. The summed E-state index contributed by atoms with van der Waals surface area (Å²) >= 11 is 5.78. The van der Waals surface area contributed by atoms with Gasteiger partial charge in [0.1, 0.15) is 5.75 Å². The molecule has 1 aromatic carbocycles. The second-order valence-electron chi connectivity index (χ2n) is 6.43. The maximum absolute atomic E-state index is 11.8. The Morgan fingerprint density at radius 2 is 1.76 bits per heavy atom. The van der Waals surface area contributed by atoms with E-state index in [4.69, 9.17) is 20.5 Å². The normalized spacial score (nSPS) is 21.0. The molecule has 1 aliphatic carbocycles. The van der Waals surface area contributed by atoms with Gasteiger partial charge in [-0.1, -0.05) is 11.6 Å². The van der Waals surface area contributed by atoms with Gasteiger partial charge in [-0.05, 0) is 68.3 Å². The van der Waals surface area contributed by atoms with Gasteiger partial charge in [-0.15, -0.1) is 0 Å². The molecule has 1 saturated carbocycles. The summed E-state index contributed by atoms with van der Waals surface area (Å²) in [4.78, 5) is 11.8. The van der Waals surface area contributed by atoms with Crippen LogP contribution in [-0.4, -0.2) is 40.3 Å². The van der Waals surface area contributed by atoms with Crippen LogP contribution in [-0.2, 0) is 19.1 Å². The third-order valence-electron chi connectivity index (χ3n) is 4.23. The van der Waals surface area contributed by atoms with Gasteiger partial charge >= 0.3 is 5.97 Å². The zero-order valence-corrected chi connectivity index (χ0v) is 15.8. The van der Waals surface area contributed by atoms with Gasteiger partial charge in [0.15, 0.2) is 0 Å². The van der Waals surface area contributed by atoms with E-state index < -0.39 is 10.1 Å². The van der Waals surface area contributed by atoms with Crippen molar-refractivity contribution in [1.82, 2.24) is 5.32 Å². The monoisotopic (exact) mass is 389 g/mol. The zero-order valence-electron chi connectivity index (χ0n) is 14.2. The summed E-state index contributed by atoms with van der Waals surface area (Å²) < 4.78 is 32.1. The first-order chi connectivity index (χ1) is 11.8. The highest BCUT2D eigenvalue weighted by molar-refractivity contribution is 7.85. The molecule has 0 aliphatic heterocycles. The third-order valence-corrected chi connectivity index (χ3v) is 5.05. The van der Waals surface area contributed by atoms with E-state index in [2.05, 4.69) is 5.32 Å². The average molecular weight is 390 g/mol. The first-order valence-corrected chi connectivity index (χ1v) is 10.5. The molecule has 8 heteroatoms. The lowest BCUT2D eigenvalue weighted by molar-refractivity contribution is -0.133. The molecule has 1 N–H and O–H groups in total. The minimum atomic E-state index is -3.36. The van der Waals surface area contributed by atoms with Gasteiger partial charge in [0.2, 0.25) is 0 Å². The molecule has 1 aromatic rings. The van der Waals surface area contributed by atoms with E-state index in [-0.39, 0.29) is 19.1 Å². The maximum atomic E-state index is 11.8. The van der Waals surface area contributed by atoms with Crippen LogP contribution < -0.4 is 10.1 Å². The van der Waals surface area contributed by atoms with Crippen LogP contribution >= 0.6 is 11.6 Å². The van der Waals surface area contributed by atoms with Gasteiger partial charge in [-0.3, -0.25) is 8.98 Å². The van der Waals surface area contributed by atoms with Crippen molar-refractivity contribution in [3.05, 3.63) is 29.3 Å². The largest absolute Gasteiger partial charge is 0.426 e. The molecule has 0 unspecified atom stereocenters. The highest BCUT2D eigenvalue weighted by atomic mass is 35.5. The lowest BCUT2D eigenvalue weighted by Gasteiger charge is -2.28. The van der Waals surface area contributed by atoms with Gasteiger partial charge in [0, 0.05) is 5.02 Å². The molecule has 0 saturated heterocycles. The average Bonchev–Trinajstić information content (AvgIpc) is 2.55. The number of benzene rings is 1. The highest BCUT2D eigenvalue weighted by Crippen LogP contribution is 2.28. The number of ether oxygens (including phenoxy) is 1. The van der Waals surface area contributed by atoms with E-state index in [1.165, 1.54) is 0 Å². The van der Waals surface area contributed by atoms with Gasteiger partial charge in [0.05, 0.1) is 19.4 Å². The number of rotatable bonds is 8. The van der Waals surface area contributed by atoms with E-state index in [0.29, 0.717) is 22.6 Å². The van der Waals surface area contributed by atoms with Gasteiger partial charge in [0.25, 0.3) is 10.1 Å². The zero-order chi connectivity index (χ0) is 18.3. The predicted molar refractivity (Wildman–Crippen MR) is 96.2 cm³/mol. The van der Waals surface area contributed by atoms with Crippen molar-refractivity contribution in [2.24, 2.45) is 11.8 Å². The van der Waals surface area contributed by atoms with Gasteiger partial charge in [-0.2, -0.15) is 8.42 Å². The minimum Gasteiger partial charge on any atom is -0.426 e. The lowest BCUT2D eigenvalue weighted by Crippen LogP contribution is -2.32. The van der Waals surface area contributed by atoms with Crippen LogP contribution in [0, 0.1) is 11.8 Å². The van der Waals surface area contributed by atoms with Crippen molar-refractivity contribution < 1.29 is 22.1 Å². The summed E-state index contributed by atoms with van der Waals surface area (Å²) in [6.45, 7) is 1.17. The molecule has 6 nitrogen and oxygen atoms in total. The smallest absolute Gasteiger partial charge is 0.325 e. The van der Waals surface area contributed by atoms with Crippen LogP contribution in [0.4, 0.5) is 0 Å². The molecule has 25 heavy (non-hydrogen) atoms. The van der Waals surface area contributed by atoms with Crippen LogP contribution in [0.15, 0.2) is 24.3 Å². The van der Waals surface area contributed by atoms with Crippen molar-refractivity contribution in [3.8, 4) is 5.75 Å². The van der Waals surface area contributed by atoms with Crippen LogP contribution in [0.25, 0.3) is 0 Å². The van der Waals surface area contributed by atoms with Crippen LogP contribution in [0.2, 0.25) is 5.02 Å². The Bertz CT molecular complexity index is 654. The summed E-state index contributed by atoms with van der Waals surface area (Å²) in [5.74, 6) is 0.916. The number of halogens is 1. The third kappa shape index (κ3) is 8.18. The van der Waals surface area contributed by atoms with Crippen molar-refractivity contribution >= 4 is 27.7 Å². The summed E-state index contributed by atoms with van der Waals surface area (Å²) in [7, 11) is -3.36. The molecule has 0 spiro atoms. The quantitative estimate of drug-likeness (QED) is 0.418. The summed E-state index contributed by atoms with van der Waals surface area (Å²) in [5, 5.41) is 3.72. The summed E-state index contributed by atoms with van der Waals surface area (Å²) in [5.41, 5.74) is 0. The Kier molecular flexibility index (Phi) is 7.68. The first kappa shape index (κ1) is 20.2. The summed E-state index contributed by atoms with van der Waals surface area (Å²) in [6, 6.07) is 6.65. The predicted octanol–water partition coefficient (Wildman–Crippen LogP) is 2.62. The Hall–Kier alpha value is -1.15. The van der Waals surface area contributed by atoms with Crippen molar-refractivity contribution in [1.29, 1.82) is 0 Å². The highest BCUT2D eigenvalue weighted by Gasteiger charge is 2.22. The van der Waals surface area contributed by atoms with Crippen LogP contribution in [0.1, 0.15) is 25.7 Å². The molecule has 0 amide bonds. The van der Waals surface area contributed by atoms with Crippen LogP contribution in [0.5, 0.6) is 5.75 Å². The van der Waals surface area contributed by atoms with Crippen molar-refractivity contribution in [3.63, 3.8) is 0 Å². The Labute approximate surface area is 154 Å². The molecule has 0 atom stereocenters. The molecule has 0 aromatic heterocycles. The molecular weight excluding hydrogens is 366 g/mol. The number of carbonyl (C=O) groups excluding carboxylic acids is 1. The number of esters is 1. The number of hydrogen-bond acceptors (Lipinski definition) is 6. The fourth-order valence-electron chi connectivity index (χ4n) is 2.87. The second kappa shape index (κ2) is 9.52. The second-order valence-corrected chi connectivity index (χ2v) is 8.51. The topological polar surface area (TPSA) is 81.7 Å². The minimum absolute atomic E-state index is 0.153. The van der Waals surface area contributed by atoms with Crippen molar-refractivity contribution in [2.75, 3.05) is 26.0 Å². The summed E-state index contributed by atoms with van der Waals surface area (Å²) in [6.07, 6.45) is 4.95. The Morgan fingerprint density at radius 3 is 2.36 bits per heavy atom. The SMILES string of the molecule is CS(=O)(=O)OCC1CCC(CNCC(=O)Oc2ccc(Cl)cc2)CC1. The molecule has 2 rings (SSSR count). The van der Waals surface area contributed by atoms with Gasteiger partial charge < -0.3 is 10.1 Å². The molecule has 140 valence electrons. The fourth-order valence-corrected chi connectivity index (χ4v) is 3.44. The molecule has 1 fully saturated rings. The van der Waals surface area contributed by atoms with E-state index in [1.54, 1.807) is 24.3 Å². The molecular formula is C17H24ClNO5S. The molecule has 0 bridgehead atoms. The number of hydrogen-bond donors (Lipinski definition) is 1.